The molecule has 1 aromatic rings. The van der Waals surface area contributed by atoms with Gasteiger partial charge in [0.15, 0.2) is 6.29 Å². The Bertz CT molecular complexity index is 529. The molecule has 1 aliphatic rings. The van der Waals surface area contributed by atoms with Gasteiger partial charge in [-0.15, -0.1) is 11.3 Å². The second-order valence-electron chi connectivity index (χ2n) is 5.76. The Morgan fingerprint density at radius 2 is 2.32 bits per heavy atom. The van der Waals surface area contributed by atoms with E-state index in [1.54, 1.807) is 11.3 Å². The van der Waals surface area contributed by atoms with Crippen molar-refractivity contribution in [1.82, 2.24) is 9.88 Å². The van der Waals surface area contributed by atoms with Crippen LogP contribution in [0.4, 0.5) is 0 Å². The number of rotatable bonds is 7. The van der Waals surface area contributed by atoms with Gasteiger partial charge in [0.1, 0.15) is 10.9 Å². The predicted octanol–water partition coefficient (Wildman–Crippen LogP) is 2.31. The summed E-state index contributed by atoms with van der Waals surface area (Å²) in [7, 11) is 3.85. The van der Waals surface area contributed by atoms with Crippen LogP contribution >= 0.6 is 11.3 Å². The molecular formula is C16H24N2O3S. The highest BCUT2D eigenvalue weighted by atomic mass is 32.1. The van der Waals surface area contributed by atoms with E-state index >= 15 is 0 Å². The van der Waals surface area contributed by atoms with Crippen molar-refractivity contribution in [3.05, 3.63) is 15.6 Å². The van der Waals surface area contributed by atoms with E-state index in [0.29, 0.717) is 18.7 Å². The van der Waals surface area contributed by atoms with Gasteiger partial charge in [0.05, 0.1) is 17.9 Å². The molecule has 2 heterocycles. The van der Waals surface area contributed by atoms with Gasteiger partial charge in [-0.1, -0.05) is 0 Å². The monoisotopic (exact) mass is 324 g/mol. The molecule has 0 N–H and O–H groups in total. The highest BCUT2D eigenvalue weighted by molar-refractivity contribution is 7.13. The minimum atomic E-state index is -0.0550. The summed E-state index contributed by atoms with van der Waals surface area (Å²) in [5, 5.41) is 0.769. The fourth-order valence-corrected chi connectivity index (χ4v) is 3.40. The molecule has 1 aliphatic heterocycles. The summed E-state index contributed by atoms with van der Waals surface area (Å²) in [6, 6.07) is 0. The molecule has 22 heavy (non-hydrogen) atoms. The Hall–Kier alpha value is -1.04. The summed E-state index contributed by atoms with van der Waals surface area (Å²) in [5.41, 5.74) is 1.58. The minimum Gasteiger partial charge on any atom is -0.353 e. The Morgan fingerprint density at radius 3 is 2.95 bits per heavy atom. The number of aromatic nitrogens is 1. The number of likely N-dealkylation sites (N-methyl/N-ethyl adjacent to an activating group) is 1. The summed E-state index contributed by atoms with van der Waals surface area (Å²) < 4.78 is 11.3. The first-order valence-electron chi connectivity index (χ1n) is 7.68. The molecule has 0 amide bonds. The molecule has 0 aliphatic carbocycles. The summed E-state index contributed by atoms with van der Waals surface area (Å²) in [4.78, 5) is 18.7. The van der Waals surface area contributed by atoms with Crippen LogP contribution in [0.3, 0.4) is 0 Å². The average molecular weight is 324 g/mol. The molecule has 0 bridgehead atoms. The van der Waals surface area contributed by atoms with Gasteiger partial charge in [-0.25, -0.2) is 9.78 Å². The molecule has 6 heteroatoms. The Kier molecular flexibility index (Phi) is 6.73. The van der Waals surface area contributed by atoms with Gasteiger partial charge in [-0.2, -0.15) is 0 Å². The zero-order chi connectivity index (χ0) is 15.9. The number of nitrogens with zero attached hydrogens (tertiary/aromatic N) is 2. The van der Waals surface area contributed by atoms with Crippen LogP contribution in [0.15, 0.2) is 0 Å². The zero-order valence-corrected chi connectivity index (χ0v) is 14.4. The summed E-state index contributed by atoms with van der Waals surface area (Å²) in [6.45, 7) is 3.96. The van der Waals surface area contributed by atoms with Gasteiger partial charge in [-0.3, -0.25) is 0 Å². The molecule has 5 nitrogen and oxygen atoms in total. The van der Waals surface area contributed by atoms with Crippen molar-refractivity contribution in [2.24, 2.45) is 0 Å². The second kappa shape index (κ2) is 8.56. The lowest BCUT2D eigenvalue weighted by molar-refractivity contribution is -0.161. The first-order chi connectivity index (χ1) is 10.6. The minimum absolute atomic E-state index is 0.0550. The number of hydrogen-bond donors (Lipinski definition) is 0. The Labute approximate surface area is 135 Å². The van der Waals surface area contributed by atoms with Crippen LogP contribution in [0, 0.1) is 6.92 Å². The van der Waals surface area contributed by atoms with E-state index in [1.807, 2.05) is 31.9 Å². The van der Waals surface area contributed by atoms with Crippen molar-refractivity contribution in [3.63, 3.8) is 0 Å². The number of thiazole rings is 1. The molecular weight excluding hydrogens is 300 g/mol. The van der Waals surface area contributed by atoms with Crippen LogP contribution in [-0.2, 0) is 20.7 Å². The normalized spacial score (nSPS) is 18.5. The lowest BCUT2D eigenvalue weighted by atomic mass is 10.2. The fourth-order valence-electron chi connectivity index (χ4n) is 2.37. The third-order valence-corrected chi connectivity index (χ3v) is 4.80. The third kappa shape index (κ3) is 5.00. The van der Waals surface area contributed by atoms with E-state index in [1.165, 1.54) is 6.42 Å². The van der Waals surface area contributed by atoms with E-state index < -0.39 is 0 Å². The fraction of sp³-hybridized carbons (Fsp3) is 0.688. The van der Waals surface area contributed by atoms with E-state index in [9.17, 15) is 4.79 Å². The van der Waals surface area contributed by atoms with E-state index in [-0.39, 0.29) is 6.29 Å². The number of ether oxygens (including phenoxy) is 2. The van der Waals surface area contributed by atoms with Crippen LogP contribution in [0.5, 0.6) is 0 Å². The van der Waals surface area contributed by atoms with E-state index in [2.05, 4.69) is 4.98 Å². The highest BCUT2D eigenvalue weighted by Gasteiger charge is 2.16. The maximum absolute atomic E-state index is 11.1. The van der Waals surface area contributed by atoms with Crippen molar-refractivity contribution in [2.75, 3.05) is 33.9 Å². The SMILES string of the molecule is Cc1nc(C(=C=O)CN(C)C)sc1CCOC1CCCCO1. The topological polar surface area (TPSA) is 51.7 Å². The smallest absolute Gasteiger partial charge is 0.157 e. The van der Waals surface area contributed by atoms with Gasteiger partial charge in [0, 0.05) is 24.4 Å². The molecule has 122 valence electrons. The number of aryl methyl sites for hydroxylation is 1. The molecule has 1 aromatic heterocycles. The molecule has 0 radical (unpaired) electrons. The average Bonchev–Trinajstić information content (AvgIpc) is 2.87. The first-order valence-corrected chi connectivity index (χ1v) is 8.50. The van der Waals surface area contributed by atoms with E-state index in [4.69, 9.17) is 9.47 Å². The van der Waals surface area contributed by atoms with Gasteiger partial charge in [0.2, 0.25) is 0 Å². The molecule has 1 fully saturated rings. The van der Waals surface area contributed by atoms with Crippen LogP contribution in [0.2, 0.25) is 0 Å². The Morgan fingerprint density at radius 1 is 1.50 bits per heavy atom. The summed E-state index contributed by atoms with van der Waals surface area (Å²) in [5.74, 6) is 2.02. The molecule has 1 unspecified atom stereocenters. The second-order valence-corrected chi connectivity index (χ2v) is 6.85. The van der Waals surface area contributed by atoms with Crippen molar-refractivity contribution >= 4 is 22.9 Å². The quantitative estimate of drug-likeness (QED) is 0.721. The maximum Gasteiger partial charge on any atom is 0.157 e. The van der Waals surface area contributed by atoms with Gasteiger partial charge >= 0.3 is 0 Å². The number of carbonyl (C=O) groups excluding carboxylic acids is 1. The lowest BCUT2D eigenvalue weighted by Crippen LogP contribution is -2.23. The van der Waals surface area contributed by atoms with Gasteiger partial charge in [0.25, 0.3) is 0 Å². The summed E-state index contributed by atoms with van der Waals surface area (Å²) in [6.07, 6.45) is 4.03. The van der Waals surface area contributed by atoms with Crippen molar-refractivity contribution in [1.29, 1.82) is 0 Å². The maximum atomic E-state index is 11.1. The van der Waals surface area contributed by atoms with Crippen molar-refractivity contribution in [2.45, 2.75) is 38.9 Å². The molecule has 0 aromatic carbocycles. The zero-order valence-electron chi connectivity index (χ0n) is 13.6. The number of hydrogen-bond acceptors (Lipinski definition) is 6. The first kappa shape index (κ1) is 17.3. The van der Waals surface area contributed by atoms with Gasteiger partial charge in [-0.05, 0) is 40.3 Å². The van der Waals surface area contributed by atoms with Crippen LogP contribution < -0.4 is 0 Å². The van der Waals surface area contributed by atoms with Crippen molar-refractivity contribution < 1.29 is 14.3 Å². The van der Waals surface area contributed by atoms with E-state index in [0.717, 1.165) is 41.4 Å². The van der Waals surface area contributed by atoms with Crippen molar-refractivity contribution in [3.8, 4) is 0 Å². The molecule has 2 rings (SSSR count). The lowest BCUT2D eigenvalue weighted by Gasteiger charge is -2.22. The summed E-state index contributed by atoms with van der Waals surface area (Å²) >= 11 is 1.56. The third-order valence-electron chi connectivity index (χ3n) is 3.52. The highest BCUT2D eigenvalue weighted by Crippen LogP contribution is 2.24. The standard InChI is InChI=1S/C16H24N2O3S/c1-12-14(7-9-21-15-6-4-5-8-20-15)22-16(17-12)13(11-19)10-18(2)3/h15H,4-10H2,1-3H3. The predicted molar refractivity (Wildman–Crippen MR) is 87.8 cm³/mol. The molecule has 1 saturated heterocycles. The van der Waals surface area contributed by atoms with Crippen LogP contribution in [0.1, 0.15) is 34.8 Å². The molecule has 0 saturated carbocycles. The molecule has 0 spiro atoms. The Balaban J connectivity index is 1.90. The van der Waals surface area contributed by atoms with Crippen LogP contribution in [0.25, 0.3) is 5.57 Å². The largest absolute Gasteiger partial charge is 0.353 e. The van der Waals surface area contributed by atoms with Crippen LogP contribution in [-0.4, -0.2) is 56.0 Å². The van der Waals surface area contributed by atoms with Gasteiger partial charge < -0.3 is 14.4 Å². The molecule has 1 atom stereocenters.